The lowest BCUT2D eigenvalue weighted by Crippen LogP contribution is -2.20. The quantitative estimate of drug-likeness (QED) is 0.680. The maximum atomic E-state index is 11.8. The number of hydrogen-bond acceptors (Lipinski definition) is 5. The van der Waals surface area contributed by atoms with Crippen molar-refractivity contribution in [3.05, 3.63) is 21.7 Å². The minimum atomic E-state index is -0.445. The van der Waals surface area contributed by atoms with E-state index in [2.05, 4.69) is 9.97 Å². The maximum Gasteiger partial charge on any atom is 0.346 e. The Balaban J connectivity index is 2.31. The molecule has 0 amide bonds. The van der Waals surface area contributed by atoms with Gasteiger partial charge in [-0.2, -0.15) is 4.98 Å². The van der Waals surface area contributed by atoms with Gasteiger partial charge in [-0.15, -0.1) is 11.8 Å². The molecular formula is C13H18N2O3S. The Labute approximate surface area is 116 Å². The van der Waals surface area contributed by atoms with E-state index < -0.39 is 11.7 Å². The summed E-state index contributed by atoms with van der Waals surface area (Å²) in [7, 11) is 1.34. The number of nitrogens with zero attached hydrogens (tertiary/aromatic N) is 1. The molecule has 2 rings (SSSR count). The van der Waals surface area contributed by atoms with Crippen LogP contribution in [0.3, 0.4) is 0 Å². The zero-order valence-electron chi connectivity index (χ0n) is 11.2. The SMILES string of the molecule is COC(=O)c1c(SC2CCCCC2)nc(=O)[nH]c1C. The van der Waals surface area contributed by atoms with Gasteiger partial charge in [0.05, 0.1) is 7.11 Å². The normalized spacial score (nSPS) is 16.3. The van der Waals surface area contributed by atoms with E-state index in [1.54, 1.807) is 6.92 Å². The van der Waals surface area contributed by atoms with Crippen molar-refractivity contribution in [2.45, 2.75) is 49.3 Å². The van der Waals surface area contributed by atoms with E-state index in [0.717, 1.165) is 12.8 Å². The van der Waals surface area contributed by atoms with Gasteiger partial charge >= 0.3 is 11.7 Å². The Hall–Kier alpha value is -1.30. The Morgan fingerprint density at radius 2 is 2.05 bits per heavy atom. The molecule has 1 aliphatic rings. The van der Waals surface area contributed by atoms with Crippen LogP contribution < -0.4 is 5.69 Å². The summed E-state index contributed by atoms with van der Waals surface area (Å²) in [5, 5.41) is 0.936. The number of nitrogens with one attached hydrogen (secondary N) is 1. The molecule has 1 saturated carbocycles. The monoisotopic (exact) mass is 282 g/mol. The van der Waals surface area contributed by atoms with Crippen LogP contribution in [0.1, 0.15) is 48.2 Å². The number of methoxy groups -OCH3 is 1. The predicted octanol–water partition coefficient (Wildman–Crippen LogP) is 2.29. The van der Waals surface area contributed by atoms with E-state index >= 15 is 0 Å². The number of aromatic nitrogens is 2. The molecule has 0 saturated heterocycles. The number of ether oxygens (including phenoxy) is 1. The first kappa shape index (κ1) is 14.1. The summed E-state index contributed by atoms with van der Waals surface area (Å²) in [6.07, 6.45) is 5.89. The lowest BCUT2D eigenvalue weighted by Gasteiger charge is -2.21. The van der Waals surface area contributed by atoms with Gasteiger partial charge in [0, 0.05) is 10.9 Å². The Morgan fingerprint density at radius 1 is 1.37 bits per heavy atom. The van der Waals surface area contributed by atoms with E-state index in [-0.39, 0.29) is 0 Å². The first-order valence-corrected chi connectivity index (χ1v) is 7.35. The molecule has 0 aliphatic heterocycles. The van der Waals surface area contributed by atoms with E-state index in [4.69, 9.17) is 4.74 Å². The molecule has 0 radical (unpaired) electrons. The van der Waals surface area contributed by atoms with Gasteiger partial charge in [-0.1, -0.05) is 19.3 Å². The standard InChI is InChI=1S/C13H18N2O3S/c1-8-10(12(16)18-2)11(15-13(17)14-8)19-9-6-4-3-5-7-9/h9H,3-7H2,1-2H3,(H,14,15,17). The van der Waals surface area contributed by atoms with Crippen molar-refractivity contribution in [3.8, 4) is 0 Å². The molecule has 1 fully saturated rings. The summed E-state index contributed by atoms with van der Waals surface area (Å²) < 4.78 is 4.77. The van der Waals surface area contributed by atoms with E-state index in [0.29, 0.717) is 21.5 Å². The fourth-order valence-corrected chi connectivity index (χ4v) is 3.70. The second-order valence-electron chi connectivity index (χ2n) is 4.72. The first-order chi connectivity index (χ1) is 9.11. The van der Waals surface area contributed by atoms with E-state index in [9.17, 15) is 9.59 Å². The zero-order valence-corrected chi connectivity index (χ0v) is 12.0. The van der Waals surface area contributed by atoms with Crippen LogP contribution in [0.5, 0.6) is 0 Å². The second-order valence-corrected chi connectivity index (χ2v) is 6.01. The molecule has 0 atom stereocenters. The summed E-state index contributed by atoms with van der Waals surface area (Å²) in [5.74, 6) is -0.445. The molecule has 1 heterocycles. The van der Waals surface area contributed by atoms with Crippen LogP contribution in [-0.2, 0) is 4.74 Å². The summed E-state index contributed by atoms with van der Waals surface area (Å²) in [6.45, 7) is 1.69. The van der Waals surface area contributed by atoms with Crippen molar-refractivity contribution < 1.29 is 9.53 Å². The second kappa shape index (κ2) is 6.23. The van der Waals surface area contributed by atoms with Crippen LogP contribution in [0.4, 0.5) is 0 Å². The van der Waals surface area contributed by atoms with E-state index in [1.807, 2.05) is 0 Å². The third-order valence-electron chi connectivity index (χ3n) is 3.31. The molecule has 104 valence electrons. The van der Waals surface area contributed by atoms with Gasteiger partial charge in [0.15, 0.2) is 0 Å². The van der Waals surface area contributed by atoms with Crippen molar-refractivity contribution in [1.82, 2.24) is 9.97 Å². The average molecular weight is 282 g/mol. The van der Waals surface area contributed by atoms with Gasteiger partial charge in [0.25, 0.3) is 0 Å². The van der Waals surface area contributed by atoms with E-state index in [1.165, 1.54) is 38.1 Å². The number of thioether (sulfide) groups is 1. The van der Waals surface area contributed by atoms with Gasteiger partial charge in [-0.3, -0.25) is 0 Å². The Kier molecular flexibility index (Phi) is 4.63. The molecule has 1 aliphatic carbocycles. The highest BCUT2D eigenvalue weighted by Gasteiger charge is 2.22. The molecule has 0 spiro atoms. The van der Waals surface area contributed by atoms with Crippen LogP contribution in [0.25, 0.3) is 0 Å². The fourth-order valence-electron chi connectivity index (χ4n) is 2.33. The first-order valence-electron chi connectivity index (χ1n) is 6.47. The Bertz CT molecular complexity index is 521. The molecule has 0 aromatic carbocycles. The minimum Gasteiger partial charge on any atom is -0.465 e. The minimum absolute atomic E-state index is 0.387. The highest BCUT2D eigenvalue weighted by atomic mass is 32.2. The molecule has 0 bridgehead atoms. The highest BCUT2D eigenvalue weighted by Crippen LogP contribution is 2.34. The molecule has 1 aromatic rings. The summed E-state index contributed by atoms with van der Waals surface area (Å²) in [4.78, 5) is 29.8. The third-order valence-corrected chi connectivity index (χ3v) is 4.63. The van der Waals surface area contributed by atoms with Gasteiger partial charge in [0.2, 0.25) is 0 Å². The van der Waals surface area contributed by atoms with Crippen molar-refractivity contribution in [3.63, 3.8) is 0 Å². The summed E-state index contributed by atoms with van der Waals surface area (Å²) >= 11 is 1.53. The molecule has 19 heavy (non-hydrogen) atoms. The van der Waals surface area contributed by atoms with Crippen molar-refractivity contribution in [2.75, 3.05) is 7.11 Å². The lowest BCUT2D eigenvalue weighted by atomic mass is 10.0. The Morgan fingerprint density at radius 3 is 2.68 bits per heavy atom. The number of esters is 1. The lowest BCUT2D eigenvalue weighted by molar-refractivity contribution is 0.0594. The summed E-state index contributed by atoms with van der Waals surface area (Å²) in [5.41, 5.74) is 0.492. The number of hydrogen-bond donors (Lipinski definition) is 1. The van der Waals surface area contributed by atoms with Crippen molar-refractivity contribution in [1.29, 1.82) is 0 Å². The number of carbonyl (C=O) groups is 1. The van der Waals surface area contributed by atoms with Crippen LogP contribution >= 0.6 is 11.8 Å². The van der Waals surface area contributed by atoms with Crippen molar-refractivity contribution >= 4 is 17.7 Å². The van der Waals surface area contributed by atoms with Crippen molar-refractivity contribution in [2.24, 2.45) is 0 Å². The van der Waals surface area contributed by atoms with Crippen LogP contribution in [0, 0.1) is 6.92 Å². The average Bonchev–Trinajstić information content (AvgIpc) is 2.38. The van der Waals surface area contributed by atoms with Gasteiger partial charge in [-0.05, 0) is 19.8 Å². The van der Waals surface area contributed by atoms with Gasteiger partial charge in [-0.25, -0.2) is 9.59 Å². The van der Waals surface area contributed by atoms with Gasteiger partial charge in [0.1, 0.15) is 10.6 Å². The molecule has 1 aromatic heterocycles. The number of aryl methyl sites for hydroxylation is 1. The highest BCUT2D eigenvalue weighted by molar-refractivity contribution is 7.99. The predicted molar refractivity (Wildman–Crippen MR) is 73.7 cm³/mol. The molecule has 0 unspecified atom stereocenters. The molecule has 6 heteroatoms. The van der Waals surface area contributed by atoms with Gasteiger partial charge < -0.3 is 9.72 Å². The molecular weight excluding hydrogens is 264 g/mol. The number of H-pyrrole nitrogens is 1. The maximum absolute atomic E-state index is 11.8. The zero-order chi connectivity index (χ0) is 13.8. The number of aromatic amines is 1. The molecule has 1 N–H and O–H groups in total. The topological polar surface area (TPSA) is 72.0 Å². The third kappa shape index (κ3) is 3.37. The molecule has 5 nitrogen and oxygen atoms in total. The smallest absolute Gasteiger partial charge is 0.346 e. The van der Waals surface area contributed by atoms with Crippen LogP contribution in [0.15, 0.2) is 9.82 Å². The van der Waals surface area contributed by atoms with Crippen LogP contribution in [-0.4, -0.2) is 28.3 Å². The fraction of sp³-hybridized carbons (Fsp3) is 0.615. The number of carbonyl (C=O) groups excluding carboxylic acids is 1. The number of rotatable bonds is 3. The van der Waals surface area contributed by atoms with Crippen LogP contribution in [0.2, 0.25) is 0 Å². The largest absolute Gasteiger partial charge is 0.465 e. The summed E-state index contributed by atoms with van der Waals surface area (Å²) in [6, 6.07) is 0.